The Morgan fingerprint density at radius 2 is 1.84 bits per heavy atom. The monoisotopic (exact) mass is 256 g/mol. The first-order valence-corrected chi connectivity index (χ1v) is 6.45. The minimum Gasteiger partial charge on any atom is -0.384 e. The van der Waals surface area contributed by atoms with Gasteiger partial charge in [0.05, 0.1) is 6.61 Å². The molecular formula is C17H20O2. The van der Waals surface area contributed by atoms with Gasteiger partial charge in [0.25, 0.3) is 0 Å². The van der Waals surface area contributed by atoms with Gasteiger partial charge in [-0.15, -0.1) is 0 Å². The molecule has 2 aromatic rings. The summed E-state index contributed by atoms with van der Waals surface area (Å²) in [6.45, 7) is 4.67. The normalized spacial score (nSPS) is 12.4. The number of aryl methyl sites for hydroxylation is 1. The van der Waals surface area contributed by atoms with Gasteiger partial charge in [-0.1, -0.05) is 42.5 Å². The second kappa shape index (κ2) is 6.00. The molecule has 0 amide bonds. The Morgan fingerprint density at radius 3 is 2.58 bits per heavy atom. The average molecular weight is 256 g/mol. The van der Waals surface area contributed by atoms with Crippen molar-refractivity contribution in [1.82, 2.24) is 0 Å². The minimum atomic E-state index is -0.586. The molecule has 0 aliphatic heterocycles. The Labute approximate surface area is 114 Å². The summed E-state index contributed by atoms with van der Waals surface area (Å²) in [5.41, 5.74) is 5.29. The summed E-state index contributed by atoms with van der Waals surface area (Å²) >= 11 is 0. The Hall–Kier alpha value is -1.64. The minimum absolute atomic E-state index is 0.563. The molecule has 1 unspecified atom stereocenters. The molecule has 2 nitrogen and oxygen atoms in total. The largest absolute Gasteiger partial charge is 0.384 e. The lowest BCUT2D eigenvalue weighted by Crippen LogP contribution is -2.04. The fourth-order valence-corrected chi connectivity index (χ4v) is 2.27. The number of aliphatic hydroxyl groups is 1. The van der Waals surface area contributed by atoms with E-state index in [4.69, 9.17) is 4.74 Å². The summed E-state index contributed by atoms with van der Waals surface area (Å²) in [6.07, 6.45) is -0.586. The van der Waals surface area contributed by atoms with Gasteiger partial charge < -0.3 is 9.84 Å². The van der Waals surface area contributed by atoms with Crippen molar-refractivity contribution in [2.75, 3.05) is 7.11 Å². The van der Waals surface area contributed by atoms with Crippen molar-refractivity contribution >= 4 is 0 Å². The number of benzene rings is 2. The van der Waals surface area contributed by atoms with Crippen LogP contribution in [0.15, 0.2) is 42.5 Å². The van der Waals surface area contributed by atoms with Crippen LogP contribution in [0, 0.1) is 13.8 Å². The van der Waals surface area contributed by atoms with Crippen LogP contribution in [0.1, 0.15) is 33.9 Å². The third kappa shape index (κ3) is 3.03. The number of rotatable bonds is 4. The number of hydrogen-bond acceptors (Lipinski definition) is 2. The van der Waals surface area contributed by atoms with Crippen molar-refractivity contribution in [2.45, 2.75) is 26.6 Å². The lowest BCUT2D eigenvalue weighted by molar-refractivity contribution is 0.184. The number of hydrogen-bond donors (Lipinski definition) is 1. The van der Waals surface area contributed by atoms with Gasteiger partial charge in [0.2, 0.25) is 0 Å². The fourth-order valence-electron chi connectivity index (χ4n) is 2.27. The van der Waals surface area contributed by atoms with Crippen molar-refractivity contribution in [3.63, 3.8) is 0 Å². The molecule has 1 N–H and O–H groups in total. The topological polar surface area (TPSA) is 29.5 Å². The second-order valence-corrected chi connectivity index (χ2v) is 4.87. The van der Waals surface area contributed by atoms with Crippen molar-refractivity contribution in [2.24, 2.45) is 0 Å². The molecule has 0 aliphatic rings. The van der Waals surface area contributed by atoms with E-state index in [1.807, 2.05) is 43.3 Å². The molecule has 0 saturated carbocycles. The molecule has 0 bridgehead atoms. The lowest BCUT2D eigenvalue weighted by atomic mass is 9.94. The molecule has 19 heavy (non-hydrogen) atoms. The highest BCUT2D eigenvalue weighted by Gasteiger charge is 2.13. The molecule has 0 spiro atoms. The van der Waals surface area contributed by atoms with E-state index in [0.29, 0.717) is 6.61 Å². The fraction of sp³-hybridized carbons (Fsp3) is 0.294. The van der Waals surface area contributed by atoms with E-state index in [-0.39, 0.29) is 0 Å². The summed E-state index contributed by atoms with van der Waals surface area (Å²) in [6, 6.07) is 13.9. The van der Waals surface area contributed by atoms with E-state index in [1.54, 1.807) is 7.11 Å². The Bertz CT molecular complexity index is 561. The Kier molecular flexibility index (Phi) is 4.35. The summed E-state index contributed by atoms with van der Waals surface area (Å²) in [5.74, 6) is 0. The van der Waals surface area contributed by atoms with Gasteiger partial charge in [0.15, 0.2) is 0 Å². The van der Waals surface area contributed by atoms with E-state index < -0.39 is 6.10 Å². The van der Waals surface area contributed by atoms with Gasteiger partial charge >= 0.3 is 0 Å². The van der Waals surface area contributed by atoms with Gasteiger partial charge in [-0.3, -0.25) is 0 Å². The van der Waals surface area contributed by atoms with Crippen molar-refractivity contribution in [3.8, 4) is 0 Å². The molecule has 100 valence electrons. The second-order valence-electron chi connectivity index (χ2n) is 4.87. The summed E-state index contributed by atoms with van der Waals surface area (Å²) in [7, 11) is 1.67. The summed E-state index contributed by atoms with van der Waals surface area (Å²) < 4.78 is 5.13. The summed E-state index contributed by atoms with van der Waals surface area (Å²) in [4.78, 5) is 0. The summed E-state index contributed by atoms with van der Waals surface area (Å²) in [5, 5.41) is 10.5. The molecule has 0 aromatic heterocycles. The molecule has 2 heteroatoms. The molecule has 0 heterocycles. The van der Waals surface area contributed by atoms with E-state index >= 15 is 0 Å². The van der Waals surface area contributed by atoms with E-state index in [2.05, 4.69) is 13.0 Å². The maximum atomic E-state index is 10.5. The van der Waals surface area contributed by atoms with Crippen molar-refractivity contribution < 1.29 is 9.84 Å². The standard InChI is InChI=1S/C17H20O2/c1-12-6-4-9-16(13(12)2)17(18)15-8-5-7-14(10-15)11-19-3/h4-10,17-18H,11H2,1-3H3. The van der Waals surface area contributed by atoms with Crippen molar-refractivity contribution in [3.05, 3.63) is 70.3 Å². The molecule has 0 fully saturated rings. The molecular weight excluding hydrogens is 236 g/mol. The van der Waals surface area contributed by atoms with Crippen LogP contribution in [-0.2, 0) is 11.3 Å². The van der Waals surface area contributed by atoms with Crippen LogP contribution in [-0.4, -0.2) is 12.2 Å². The van der Waals surface area contributed by atoms with E-state index in [1.165, 1.54) is 5.56 Å². The quantitative estimate of drug-likeness (QED) is 0.906. The zero-order valence-corrected chi connectivity index (χ0v) is 11.7. The number of aliphatic hydroxyl groups excluding tert-OH is 1. The smallest absolute Gasteiger partial charge is 0.104 e. The van der Waals surface area contributed by atoms with Crippen LogP contribution in [0.2, 0.25) is 0 Å². The Morgan fingerprint density at radius 1 is 1.11 bits per heavy atom. The maximum Gasteiger partial charge on any atom is 0.104 e. The molecule has 1 atom stereocenters. The van der Waals surface area contributed by atoms with Crippen molar-refractivity contribution in [1.29, 1.82) is 0 Å². The van der Waals surface area contributed by atoms with E-state index in [0.717, 1.165) is 22.3 Å². The van der Waals surface area contributed by atoms with Gasteiger partial charge in [-0.25, -0.2) is 0 Å². The molecule has 2 rings (SSSR count). The van der Waals surface area contributed by atoms with Crippen LogP contribution in [0.3, 0.4) is 0 Å². The number of methoxy groups -OCH3 is 1. The first-order chi connectivity index (χ1) is 9.13. The third-order valence-corrected chi connectivity index (χ3v) is 3.52. The molecule has 0 saturated heterocycles. The van der Waals surface area contributed by atoms with Gasteiger partial charge in [0, 0.05) is 7.11 Å². The number of ether oxygens (including phenoxy) is 1. The Balaban J connectivity index is 2.35. The average Bonchev–Trinajstić information content (AvgIpc) is 2.42. The van der Waals surface area contributed by atoms with Gasteiger partial charge in [0.1, 0.15) is 6.10 Å². The predicted molar refractivity (Wildman–Crippen MR) is 77.1 cm³/mol. The van der Waals surface area contributed by atoms with Gasteiger partial charge in [-0.2, -0.15) is 0 Å². The molecule has 2 aromatic carbocycles. The predicted octanol–water partition coefficient (Wildman–Crippen LogP) is 3.53. The highest BCUT2D eigenvalue weighted by atomic mass is 16.5. The molecule has 0 radical (unpaired) electrons. The third-order valence-electron chi connectivity index (χ3n) is 3.52. The highest BCUT2D eigenvalue weighted by Crippen LogP contribution is 2.26. The van der Waals surface area contributed by atoms with Crippen LogP contribution in [0.5, 0.6) is 0 Å². The van der Waals surface area contributed by atoms with Crippen LogP contribution in [0.4, 0.5) is 0 Å². The zero-order chi connectivity index (χ0) is 13.8. The highest BCUT2D eigenvalue weighted by molar-refractivity contribution is 5.40. The van der Waals surface area contributed by atoms with Crippen LogP contribution < -0.4 is 0 Å². The van der Waals surface area contributed by atoms with E-state index in [9.17, 15) is 5.11 Å². The SMILES string of the molecule is COCc1cccc(C(O)c2cccc(C)c2C)c1. The first kappa shape index (κ1) is 13.8. The van der Waals surface area contributed by atoms with Crippen LogP contribution in [0.25, 0.3) is 0 Å². The maximum absolute atomic E-state index is 10.5. The lowest BCUT2D eigenvalue weighted by Gasteiger charge is -2.16. The van der Waals surface area contributed by atoms with Crippen LogP contribution >= 0.6 is 0 Å². The van der Waals surface area contributed by atoms with Gasteiger partial charge in [-0.05, 0) is 41.7 Å². The zero-order valence-electron chi connectivity index (χ0n) is 11.7. The molecule has 0 aliphatic carbocycles. The first-order valence-electron chi connectivity index (χ1n) is 6.45.